The molecule has 3 rings (SSSR count). The minimum atomic E-state index is -3.78. The molecule has 0 fully saturated rings. The van der Waals surface area contributed by atoms with E-state index in [-0.39, 0.29) is 28.5 Å². The molecule has 0 saturated carbocycles. The van der Waals surface area contributed by atoms with Crippen molar-refractivity contribution in [1.82, 2.24) is 9.03 Å². The summed E-state index contributed by atoms with van der Waals surface area (Å²) in [6.45, 7) is 2.66. The average Bonchev–Trinajstić information content (AvgIpc) is 2.82. The van der Waals surface area contributed by atoms with Gasteiger partial charge in [-0.1, -0.05) is 0 Å². The molecule has 220 valence electrons. The molecule has 0 amide bonds. The largest absolute Gasteiger partial charge is 0.369 e. The summed E-state index contributed by atoms with van der Waals surface area (Å²) >= 11 is 0. The number of hydrogen-bond acceptors (Lipinski definition) is 11. The smallest absolute Gasteiger partial charge is 0.270 e. The van der Waals surface area contributed by atoms with Crippen LogP contribution < -0.4 is 16.2 Å². The normalized spacial score (nSPS) is 20.0. The SMILES string of the molecule is CN1C(N)=N[C@](C)(c2cc([N+](=O)[O-])ccc2F)CS1(=O)=O.CNS(=O)(=O)C[C@](C)(N)c1cc([N+](=O)[O-])ccc1F. The molecule has 1 aliphatic heterocycles. The third-order valence-electron chi connectivity index (χ3n) is 5.88. The molecule has 19 heteroatoms. The molecule has 40 heavy (non-hydrogen) atoms. The Bertz CT molecular complexity index is 1580. The van der Waals surface area contributed by atoms with E-state index in [1.165, 1.54) is 27.9 Å². The Morgan fingerprint density at radius 3 is 2.10 bits per heavy atom. The van der Waals surface area contributed by atoms with Crippen molar-refractivity contribution < 1.29 is 35.5 Å². The van der Waals surface area contributed by atoms with E-state index in [2.05, 4.69) is 9.71 Å². The molecule has 0 aliphatic carbocycles. The molecule has 0 spiro atoms. The summed E-state index contributed by atoms with van der Waals surface area (Å²) in [6, 6.07) is 5.72. The molecule has 5 N–H and O–H groups in total. The zero-order valence-corrected chi connectivity index (χ0v) is 23.3. The van der Waals surface area contributed by atoms with Gasteiger partial charge in [0.05, 0.1) is 26.9 Å². The lowest BCUT2D eigenvalue weighted by atomic mass is 9.93. The summed E-state index contributed by atoms with van der Waals surface area (Å²) in [5, 5.41) is 21.4. The lowest BCUT2D eigenvalue weighted by molar-refractivity contribution is -0.385. The van der Waals surface area contributed by atoms with Crippen LogP contribution in [-0.2, 0) is 31.1 Å². The summed E-state index contributed by atoms with van der Waals surface area (Å²) in [5.74, 6) is -2.99. The van der Waals surface area contributed by atoms with Crippen LogP contribution in [0.5, 0.6) is 0 Å². The minimum absolute atomic E-state index is 0.184. The maximum absolute atomic E-state index is 14.0. The third-order valence-corrected chi connectivity index (χ3v) is 9.43. The fourth-order valence-corrected chi connectivity index (χ4v) is 6.28. The Morgan fingerprint density at radius 1 is 1.12 bits per heavy atom. The van der Waals surface area contributed by atoms with Crippen molar-refractivity contribution in [3.63, 3.8) is 0 Å². The highest BCUT2D eigenvalue weighted by atomic mass is 32.2. The molecular weight excluding hydrogens is 580 g/mol. The van der Waals surface area contributed by atoms with Gasteiger partial charge in [0, 0.05) is 42.4 Å². The first-order valence-electron chi connectivity index (χ1n) is 11.1. The Balaban J connectivity index is 0.000000282. The number of sulfonamides is 2. The predicted molar refractivity (Wildman–Crippen MR) is 141 cm³/mol. The van der Waals surface area contributed by atoms with Crippen molar-refractivity contribution in [3.8, 4) is 0 Å². The van der Waals surface area contributed by atoms with Crippen LogP contribution in [0.1, 0.15) is 25.0 Å². The van der Waals surface area contributed by atoms with Gasteiger partial charge >= 0.3 is 0 Å². The number of non-ortho nitro benzene ring substituents is 2. The van der Waals surface area contributed by atoms with Gasteiger partial charge in [-0.05, 0) is 33.0 Å². The van der Waals surface area contributed by atoms with Gasteiger partial charge in [0.15, 0.2) is 0 Å². The van der Waals surface area contributed by atoms with Crippen LogP contribution in [0.2, 0.25) is 0 Å². The van der Waals surface area contributed by atoms with Crippen molar-refractivity contribution in [3.05, 3.63) is 79.4 Å². The fourth-order valence-electron chi connectivity index (χ4n) is 3.74. The highest BCUT2D eigenvalue weighted by Crippen LogP contribution is 2.35. The van der Waals surface area contributed by atoms with Gasteiger partial charge in [0.25, 0.3) is 11.4 Å². The number of nitrogens with one attached hydrogen (secondary N) is 1. The first-order valence-corrected chi connectivity index (χ1v) is 14.3. The van der Waals surface area contributed by atoms with Gasteiger partial charge in [-0.3, -0.25) is 20.2 Å². The zero-order chi connectivity index (χ0) is 30.8. The quantitative estimate of drug-likeness (QED) is 0.298. The highest BCUT2D eigenvalue weighted by Gasteiger charge is 2.42. The average molecular weight is 608 g/mol. The van der Waals surface area contributed by atoms with Crippen LogP contribution in [0.4, 0.5) is 20.2 Å². The number of halogens is 2. The second-order valence-electron chi connectivity index (χ2n) is 9.19. The molecule has 0 bridgehead atoms. The standard InChI is InChI=1S/C11H13FN4O4S.C10H14FN3O4S/c1-11(6-21(19,20)15(2)10(13)14-11)8-5-7(16(17)18)3-4-9(8)12;1-10(12,6-19(17,18)13-2)8-5-7(14(15)16)3-4-9(8)11/h3-5H,6H2,1-2H3,(H2,13,14);3-5,13H,6,12H2,1-2H3/t11-;10-/m00/s1. The number of aliphatic imine (C=N–C) groups is 1. The molecule has 1 heterocycles. The Labute approximate surface area is 228 Å². The number of rotatable bonds is 7. The lowest BCUT2D eigenvalue weighted by Gasteiger charge is -2.34. The number of nitro groups is 2. The summed E-state index contributed by atoms with van der Waals surface area (Å²) in [6.07, 6.45) is 0. The maximum Gasteiger partial charge on any atom is 0.270 e. The number of guanidine groups is 1. The van der Waals surface area contributed by atoms with Crippen LogP contribution in [-0.4, -0.2) is 62.5 Å². The van der Waals surface area contributed by atoms with Crippen LogP contribution in [0.25, 0.3) is 0 Å². The topological polar surface area (TPSA) is 234 Å². The monoisotopic (exact) mass is 607 g/mol. The van der Waals surface area contributed by atoms with E-state index in [1.807, 2.05) is 0 Å². The van der Waals surface area contributed by atoms with Crippen molar-refractivity contribution >= 4 is 37.4 Å². The van der Waals surface area contributed by atoms with Crippen LogP contribution in [0.15, 0.2) is 41.4 Å². The second-order valence-corrected chi connectivity index (χ2v) is 13.1. The van der Waals surface area contributed by atoms with Gasteiger partial charge in [-0.15, -0.1) is 0 Å². The molecule has 1 aliphatic rings. The van der Waals surface area contributed by atoms with Crippen LogP contribution in [0, 0.1) is 31.9 Å². The number of benzene rings is 2. The molecule has 0 aromatic heterocycles. The molecule has 2 atom stereocenters. The van der Waals surface area contributed by atoms with Crippen LogP contribution in [0.3, 0.4) is 0 Å². The minimum Gasteiger partial charge on any atom is -0.369 e. The van der Waals surface area contributed by atoms with Crippen molar-refractivity contribution in [1.29, 1.82) is 0 Å². The molecule has 0 unspecified atom stereocenters. The van der Waals surface area contributed by atoms with E-state index in [0.29, 0.717) is 0 Å². The first-order chi connectivity index (χ1) is 18.2. The maximum atomic E-state index is 14.0. The van der Waals surface area contributed by atoms with E-state index in [4.69, 9.17) is 11.5 Å². The third kappa shape index (κ3) is 7.23. The van der Waals surface area contributed by atoms with E-state index < -0.39 is 64.1 Å². The van der Waals surface area contributed by atoms with Gasteiger partial charge in [0.1, 0.15) is 17.2 Å². The van der Waals surface area contributed by atoms with E-state index >= 15 is 0 Å². The Kier molecular flexibility index (Phi) is 9.20. The van der Waals surface area contributed by atoms with Crippen molar-refractivity contribution in [2.24, 2.45) is 16.5 Å². The Morgan fingerprint density at radius 2 is 1.62 bits per heavy atom. The molecule has 2 aromatic carbocycles. The number of nitrogens with zero attached hydrogens (tertiary/aromatic N) is 4. The van der Waals surface area contributed by atoms with Crippen LogP contribution >= 0.6 is 0 Å². The fraction of sp³-hybridized carbons (Fsp3) is 0.381. The molecule has 15 nitrogen and oxygen atoms in total. The second kappa shape index (κ2) is 11.4. The first kappa shape index (κ1) is 32.4. The summed E-state index contributed by atoms with van der Waals surface area (Å²) in [4.78, 5) is 24.0. The summed E-state index contributed by atoms with van der Waals surface area (Å²) < 4.78 is 77.5. The summed E-state index contributed by atoms with van der Waals surface area (Å²) in [5.41, 5.74) is 7.13. The van der Waals surface area contributed by atoms with Gasteiger partial charge in [0.2, 0.25) is 26.0 Å². The highest BCUT2D eigenvalue weighted by molar-refractivity contribution is 7.89. The number of nitrogens with two attached hydrogens (primary N) is 2. The predicted octanol–water partition coefficient (Wildman–Crippen LogP) is 0.996. The van der Waals surface area contributed by atoms with Gasteiger partial charge in [-0.25, -0.2) is 39.6 Å². The van der Waals surface area contributed by atoms with Crippen molar-refractivity contribution in [2.75, 3.05) is 25.6 Å². The van der Waals surface area contributed by atoms with E-state index in [1.54, 1.807) is 0 Å². The van der Waals surface area contributed by atoms with E-state index in [0.717, 1.165) is 40.7 Å². The molecule has 0 radical (unpaired) electrons. The lowest BCUT2D eigenvalue weighted by Crippen LogP contribution is -2.50. The van der Waals surface area contributed by atoms with E-state index in [9.17, 15) is 45.8 Å². The molecular formula is C21H27F2N7O8S2. The van der Waals surface area contributed by atoms with Gasteiger partial charge in [-0.2, -0.15) is 0 Å². The van der Waals surface area contributed by atoms with Gasteiger partial charge < -0.3 is 11.5 Å². The number of nitro benzene ring substituents is 2. The summed E-state index contributed by atoms with van der Waals surface area (Å²) in [7, 11) is -5.02. The molecule has 2 aromatic rings. The van der Waals surface area contributed by atoms with Crippen molar-refractivity contribution in [2.45, 2.75) is 24.9 Å². The molecule has 0 saturated heterocycles. The number of hydrogen-bond donors (Lipinski definition) is 3. The zero-order valence-electron chi connectivity index (χ0n) is 21.7. The Hall–Kier alpha value is -3.81.